The van der Waals surface area contributed by atoms with Gasteiger partial charge in [-0.15, -0.1) is 0 Å². The first-order valence-electron chi connectivity index (χ1n) is 6.62. The molecule has 0 aliphatic carbocycles. The smallest absolute Gasteiger partial charge is 0.258 e. The van der Waals surface area contributed by atoms with Crippen LogP contribution in [0.3, 0.4) is 0 Å². The van der Waals surface area contributed by atoms with Crippen LogP contribution in [0.1, 0.15) is 19.8 Å². The van der Waals surface area contributed by atoms with Gasteiger partial charge in [-0.2, -0.15) is 24.7 Å². The quantitative estimate of drug-likeness (QED) is 0.514. The third-order valence-corrected chi connectivity index (χ3v) is 3.39. The van der Waals surface area contributed by atoms with E-state index in [0.717, 1.165) is 12.8 Å². The van der Waals surface area contributed by atoms with Crippen molar-refractivity contribution in [1.29, 1.82) is 0 Å². The summed E-state index contributed by atoms with van der Waals surface area (Å²) in [4.78, 5) is 16.6. The number of nitrogens with two attached hydrogens (primary N) is 1. The van der Waals surface area contributed by atoms with Gasteiger partial charge in [0, 0.05) is 18.8 Å². The van der Waals surface area contributed by atoms with E-state index in [4.69, 9.17) is 10.6 Å². The predicted octanol–water partition coefficient (Wildman–Crippen LogP) is -0.281. The normalized spacial score (nSPS) is 17.4. The Hall–Kier alpha value is -2.33. The Morgan fingerprint density at radius 3 is 2.67 bits per heavy atom. The molecule has 21 heavy (non-hydrogen) atoms. The second-order valence-electron chi connectivity index (χ2n) is 5.07. The van der Waals surface area contributed by atoms with Gasteiger partial charge in [-0.1, -0.05) is 0 Å². The maximum Gasteiger partial charge on any atom is 0.258 e. The molecule has 10 heteroatoms. The number of hydrazine groups is 1. The van der Waals surface area contributed by atoms with E-state index in [1.54, 1.807) is 0 Å². The SMILES string of the molecule is CC1(Nc2nc(NN)nc(-n3cncn3)n2)CCOCC1. The average molecular weight is 291 g/mol. The third kappa shape index (κ3) is 3.06. The molecule has 1 aliphatic heterocycles. The van der Waals surface area contributed by atoms with Crippen molar-refractivity contribution in [2.75, 3.05) is 24.0 Å². The Bertz CT molecular complexity index is 594. The van der Waals surface area contributed by atoms with Crippen LogP contribution in [-0.2, 0) is 4.74 Å². The summed E-state index contributed by atoms with van der Waals surface area (Å²) in [7, 11) is 0. The number of anilines is 2. The first-order chi connectivity index (χ1) is 10.2. The van der Waals surface area contributed by atoms with Gasteiger partial charge in [-0.25, -0.2) is 10.8 Å². The molecule has 0 bridgehead atoms. The van der Waals surface area contributed by atoms with E-state index in [-0.39, 0.29) is 11.5 Å². The summed E-state index contributed by atoms with van der Waals surface area (Å²) in [5.41, 5.74) is 2.31. The summed E-state index contributed by atoms with van der Waals surface area (Å²) in [5.74, 6) is 6.45. The number of nitrogens with zero attached hydrogens (tertiary/aromatic N) is 6. The molecule has 3 rings (SSSR count). The highest BCUT2D eigenvalue weighted by atomic mass is 16.5. The average Bonchev–Trinajstić information content (AvgIpc) is 3.01. The number of hydrogen-bond acceptors (Lipinski definition) is 9. The topological polar surface area (TPSA) is 129 Å². The van der Waals surface area contributed by atoms with Gasteiger partial charge < -0.3 is 10.1 Å². The molecule has 2 aromatic heterocycles. The maximum atomic E-state index is 5.41. The lowest BCUT2D eigenvalue weighted by Gasteiger charge is -2.34. The first-order valence-corrected chi connectivity index (χ1v) is 6.62. The number of rotatable bonds is 4. The predicted molar refractivity (Wildman–Crippen MR) is 74.6 cm³/mol. The highest BCUT2D eigenvalue weighted by Gasteiger charge is 2.28. The van der Waals surface area contributed by atoms with Crippen LogP contribution in [0.15, 0.2) is 12.7 Å². The summed E-state index contributed by atoms with van der Waals surface area (Å²) in [6.07, 6.45) is 4.67. The molecule has 10 nitrogen and oxygen atoms in total. The van der Waals surface area contributed by atoms with Gasteiger partial charge in [0.1, 0.15) is 12.7 Å². The largest absolute Gasteiger partial charge is 0.381 e. The van der Waals surface area contributed by atoms with Crippen molar-refractivity contribution in [3.05, 3.63) is 12.7 Å². The second kappa shape index (κ2) is 5.58. The minimum atomic E-state index is -0.120. The van der Waals surface area contributed by atoms with Crippen molar-refractivity contribution in [1.82, 2.24) is 29.7 Å². The van der Waals surface area contributed by atoms with E-state index >= 15 is 0 Å². The molecule has 112 valence electrons. The number of ether oxygens (including phenoxy) is 1. The monoisotopic (exact) mass is 291 g/mol. The summed E-state index contributed by atoms with van der Waals surface area (Å²) in [5, 5.41) is 7.34. The van der Waals surface area contributed by atoms with Crippen LogP contribution in [0.5, 0.6) is 0 Å². The molecule has 2 aromatic rings. The highest BCUT2D eigenvalue weighted by molar-refractivity contribution is 5.38. The molecule has 4 N–H and O–H groups in total. The van der Waals surface area contributed by atoms with Gasteiger partial charge in [0.05, 0.1) is 0 Å². The number of nitrogens with one attached hydrogen (secondary N) is 2. The molecule has 0 amide bonds. The van der Waals surface area contributed by atoms with Gasteiger partial charge >= 0.3 is 0 Å². The Balaban J connectivity index is 1.89. The molecule has 0 saturated carbocycles. The Morgan fingerprint density at radius 2 is 2.00 bits per heavy atom. The molecule has 3 heterocycles. The van der Waals surface area contributed by atoms with Crippen LogP contribution in [0.4, 0.5) is 11.9 Å². The molecule has 0 radical (unpaired) electrons. The van der Waals surface area contributed by atoms with Crippen LogP contribution in [-0.4, -0.2) is 48.5 Å². The molecule has 1 saturated heterocycles. The lowest BCUT2D eigenvalue weighted by atomic mass is 9.93. The molecule has 0 atom stereocenters. The van der Waals surface area contributed by atoms with E-state index in [1.807, 2.05) is 0 Å². The fourth-order valence-electron chi connectivity index (χ4n) is 2.12. The summed E-state index contributed by atoms with van der Waals surface area (Å²) < 4.78 is 6.83. The molecule has 0 aromatic carbocycles. The summed E-state index contributed by atoms with van der Waals surface area (Å²) in [6, 6.07) is 0. The van der Waals surface area contributed by atoms with Gasteiger partial charge in [0.2, 0.25) is 11.9 Å². The van der Waals surface area contributed by atoms with Crippen molar-refractivity contribution in [3.63, 3.8) is 0 Å². The van der Waals surface area contributed by atoms with Crippen molar-refractivity contribution in [2.45, 2.75) is 25.3 Å². The number of aromatic nitrogens is 6. The lowest BCUT2D eigenvalue weighted by molar-refractivity contribution is 0.0656. The van der Waals surface area contributed by atoms with Crippen LogP contribution in [0, 0.1) is 0 Å². The Kier molecular flexibility index (Phi) is 3.62. The number of nitrogen functional groups attached to an aromatic ring is 1. The van der Waals surface area contributed by atoms with Gasteiger partial charge in [-0.3, -0.25) is 5.43 Å². The van der Waals surface area contributed by atoms with Crippen LogP contribution in [0.2, 0.25) is 0 Å². The Labute approximate surface area is 121 Å². The van der Waals surface area contributed by atoms with Crippen molar-refractivity contribution >= 4 is 11.9 Å². The highest BCUT2D eigenvalue weighted by Crippen LogP contribution is 2.24. The molecular weight excluding hydrogens is 274 g/mol. The minimum Gasteiger partial charge on any atom is -0.381 e. The summed E-state index contributed by atoms with van der Waals surface area (Å²) >= 11 is 0. The zero-order valence-corrected chi connectivity index (χ0v) is 11.7. The molecule has 1 fully saturated rings. The summed E-state index contributed by atoms with van der Waals surface area (Å²) in [6.45, 7) is 3.54. The van der Waals surface area contributed by atoms with Gasteiger partial charge in [-0.05, 0) is 19.8 Å². The molecule has 0 spiro atoms. The fraction of sp³-hybridized carbons (Fsp3) is 0.545. The Morgan fingerprint density at radius 1 is 1.24 bits per heavy atom. The van der Waals surface area contributed by atoms with Crippen LogP contribution < -0.4 is 16.6 Å². The molecular formula is C11H17N9O. The van der Waals surface area contributed by atoms with E-state index in [1.165, 1.54) is 17.3 Å². The van der Waals surface area contributed by atoms with Crippen molar-refractivity contribution in [3.8, 4) is 5.95 Å². The standard InChI is InChI=1S/C11H17N9O/c1-11(2-4-21-5-3-11)18-8-15-9(19-12)17-10(16-8)20-7-13-6-14-20/h6-7H,2-5,12H2,1H3,(H2,15,16,17,18,19). The lowest BCUT2D eigenvalue weighted by Crippen LogP contribution is -2.41. The first kappa shape index (κ1) is 13.6. The van der Waals surface area contributed by atoms with Crippen LogP contribution in [0.25, 0.3) is 5.95 Å². The third-order valence-electron chi connectivity index (χ3n) is 3.39. The van der Waals surface area contributed by atoms with E-state index in [0.29, 0.717) is 25.1 Å². The van der Waals surface area contributed by atoms with Crippen molar-refractivity contribution in [2.24, 2.45) is 5.84 Å². The zero-order chi connectivity index (χ0) is 14.7. The number of hydrogen-bond donors (Lipinski definition) is 3. The maximum absolute atomic E-state index is 5.41. The van der Waals surface area contributed by atoms with E-state index < -0.39 is 0 Å². The second-order valence-corrected chi connectivity index (χ2v) is 5.07. The van der Waals surface area contributed by atoms with E-state index in [2.05, 4.69) is 42.7 Å². The van der Waals surface area contributed by atoms with Gasteiger partial charge in [0.25, 0.3) is 5.95 Å². The zero-order valence-electron chi connectivity index (χ0n) is 11.7. The molecule has 1 aliphatic rings. The van der Waals surface area contributed by atoms with E-state index in [9.17, 15) is 0 Å². The molecule has 0 unspecified atom stereocenters. The van der Waals surface area contributed by atoms with Crippen LogP contribution >= 0.6 is 0 Å². The minimum absolute atomic E-state index is 0.120. The fourth-order valence-corrected chi connectivity index (χ4v) is 2.12. The van der Waals surface area contributed by atoms with Crippen molar-refractivity contribution < 1.29 is 4.74 Å². The van der Waals surface area contributed by atoms with Gasteiger partial charge in [0.15, 0.2) is 0 Å².